The fourth-order valence-electron chi connectivity index (χ4n) is 2.61. The minimum Gasteiger partial charge on any atom is -0.381 e. The number of carbonyl (C=O) groups excluding carboxylic acids is 1. The third kappa shape index (κ3) is 7.32. The zero-order valence-corrected chi connectivity index (χ0v) is 14.1. The van der Waals surface area contributed by atoms with Crippen molar-refractivity contribution in [2.24, 2.45) is 0 Å². The van der Waals surface area contributed by atoms with Gasteiger partial charge >= 0.3 is 0 Å². The van der Waals surface area contributed by atoms with E-state index in [1.807, 2.05) is 17.8 Å². The number of hydrogen-bond acceptors (Lipinski definition) is 3. The Balaban J connectivity index is 1.44. The first-order valence-electron chi connectivity index (χ1n) is 8.34. The first-order chi connectivity index (χ1) is 10.8. The summed E-state index contributed by atoms with van der Waals surface area (Å²) < 4.78 is 5.35. The number of unbranched alkanes of at least 4 members (excludes halogenated alkanes) is 1. The number of thioether (sulfide) groups is 1. The van der Waals surface area contributed by atoms with Gasteiger partial charge in [-0.2, -0.15) is 11.8 Å². The van der Waals surface area contributed by atoms with E-state index in [4.69, 9.17) is 4.74 Å². The van der Waals surface area contributed by atoms with Gasteiger partial charge in [0.1, 0.15) is 0 Å². The summed E-state index contributed by atoms with van der Waals surface area (Å²) in [4.78, 5) is 11.8. The molecule has 0 unspecified atom stereocenters. The van der Waals surface area contributed by atoms with Gasteiger partial charge in [0, 0.05) is 37.2 Å². The molecule has 0 aliphatic carbocycles. The van der Waals surface area contributed by atoms with Gasteiger partial charge in [0.05, 0.1) is 0 Å². The monoisotopic (exact) mass is 321 g/mol. The second kappa shape index (κ2) is 10.7. The predicted octanol–water partition coefficient (Wildman–Crippen LogP) is 3.43. The molecule has 1 amide bonds. The Bertz CT molecular complexity index is 418. The molecule has 2 rings (SSSR count). The van der Waals surface area contributed by atoms with Gasteiger partial charge < -0.3 is 10.1 Å². The molecule has 1 aromatic carbocycles. The second-order valence-electron chi connectivity index (χ2n) is 5.73. The number of benzene rings is 1. The van der Waals surface area contributed by atoms with Crippen LogP contribution in [0.2, 0.25) is 0 Å². The lowest BCUT2D eigenvalue weighted by Crippen LogP contribution is -2.26. The van der Waals surface area contributed by atoms with Crippen molar-refractivity contribution in [3.8, 4) is 0 Å². The topological polar surface area (TPSA) is 38.3 Å². The van der Waals surface area contributed by atoms with Gasteiger partial charge in [-0.1, -0.05) is 30.3 Å². The van der Waals surface area contributed by atoms with E-state index in [-0.39, 0.29) is 5.91 Å². The smallest absolute Gasteiger partial charge is 0.220 e. The zero-order chi connectivity index (χ0) is 15.5. The molecule has 0 saturated carbocycles. The van der Waals surface area contributed by atoms with Crippen LogP contribution in [0.4, 0.5) is 0 Å². The minimum atomic E-state index is 0.195. The Morgan fingerprint density at radius 2 is 1.95 bits per heavy atom. The SMILES string of the molecule is O=C(CCCCc1ccccc1)NCCSC1CCOCC1. The van der Waals surface area contributed by atoms with Crippen molar-refractivity contribution in [3.63, 3.8) is 0 Å². The standard InChI is InChI=1S/C18H27NO2S/c20-18(9-5-4-8-16-6-2-1-3-7-16)19-12-15-22-17-10-13-21-14-11-17/h1-3,6-7,17H,4-5,8-15H2,(H,19,20). The lowest BCUT2D eigenvalue weighted by molar-refractivity contribution is -0.121. The van der Waals surface area contributed by atoms with Crippen molar-refractivity contribution in [2.45, 2.75) is 43.8 Å². The summed E-state index contributed by atoms with van der Waals surface area (Å²) in [5.74, 6) is 1.21. The maximum Gasteiger partial charge on any atom is 0.220 e. The van der Waals surface area contributed by atoms with E-state index in [0.29, 0.717) is 6.42 Å². The highest BCUT2D eigenvalue weighted by molar-refractivity contribution is 7.99. The molecule has 1 aromatic rings. The average Bonchev–Trinajstić information content (AvgIpc) is 2.57. The summed E-state index contributed by atoms with van der Waals surface area (Å²) in [6.45, 7) is 2.58. The van der Waals surface area contributed by atoms with Gasteiger partial charge in [0.2, 0.25) is 5.91 Å². The highest BCUT2D eigenvalue weighted by Crippen LogP contribution is 2.21. The van der Waals surface area contributed by atoms with E-state index in [0.717, 1.165) is 62.9 Å². The molecule has 1 saturated heterocycles. The molecule has 1 aliphatic heterocycles. The first-order valence-corrected chi connectivity index (χ1v) is 9.39. The normalized spacial score (nSPS) is 15.6. The molecule has 1 N–H and O–H groups in total. The van der Waals surface area contributed by atoms with E-state index >= 15 is 0 Å². The summed E-state index contributed by atoms with van der Waals surface area (Å²) in [5, 5.41) is 3.75. The van der Waals surface area contributed by atoms with Crippen LogP contribution in [0.5, 0.6) is 0 Å². The van der Waals surface area contributed by atoms with Crippen LogP contribution in [0, 0.1) is 0 Å². The van der Waals surface area contributed by atoms with Crippen LogP contribution in [0.15, 0.2) is 30.3 Å². The summed E-state index contributed by atoms with van der Waals surface area (Å²) in [7, 11) is 0. The highest BCUT2D eigenvalue weighted by atomic mass is 32.2. The maximum absolute atomic E-state index is 11.8. The molecule has 0 bridgehead atoms. The Hall–Kier alpha value is -1.00. The lowest BCUT2D eigenvalue weighted by Gasteiger charge is -2.21. The molecule has 122 valence electrons. The molecular formula is C18H27NO2S. The molecular weight excluding hydrogens is 294 g/mol. The fraction of sp³-hybridized carbons (Fsp3) is 0.611. The first kappa shape index (κ1) is 17.4. The number of nitrogens with one attached hydrogen (secondary N) is 1. The van der Waals surface area contributed by atoms with Gasteiger partial charge in [-0.05, 0) is 37.7 Å². The third-order valence-electron chi connectivity index (χ3n) is 3.91. The summed E-state index contributed by atoms with van der Waals surface area (Å²) in [6.07, 6.45) is 6.06. The number of rotatable bonds is 9. The molecule has 3 nitrogen and oxygen atoms in total. The molecule has 0 radical (unpaired) electrons. The molecule has 1 heterocycles. The van der Waals surface area contributed by atoms with Crippen molar-refractivity contribution in [2.75, 3.05) is 25.5 Å². The summed E-state index contributed by atoms with van der Waals surface area (Å²) >= 11 is 1.97. The largest absolute Gasteiger partial charge is 0.381 e. The number of carbonyl (C=O) groups is 1. The summed E-state index contributed by atoms with van der Waals surface area (Å²) in [6, 6.07) is 10.5. The van der Waals surface area contributed by atoms with Gasteiger partial charge in [0.15, 0.2) is 0 Å². The average molecular weight is 321 g/mol. The highest BCUT2D eigenvalue weighted by Gasteiger charge is 2.13. The van der Waals surface area contributed by atoms with Gasteiger partial charge in [0.25, 0.3) is 0 Å². The summed E-state index contributed by atoms with van der Waals surface area (Å²) in [5.41, 5.74) is 1.36. The Morgan fingerprint density at radius 1 is 1.18 bits per heavy atom. The molecule has 1 aliphatic rings. The number of hydrogen-bond donors (Lipinski definition) is 1. The van der Waals surface area contributed by atoms with Gasteiger partial charge in [-0.25, -0.2) is 0 Å². The number of ether oxygens (including phenoxy) is 1. The number of amides is 1. The van der Waals surface area contributed by atoms with E-state index < -0.39 is 0 Å². The quantitative estimate of drug-likeness (QED) is 0.708. The second-order valence-corrected chi connectivity index (χ2v) is 7.13. The van der Waals surface area contributed by atoms with Gasteiger partial charge in [-0.3, -0.25) is 4.79 Å². The van der Waals surface area contributed by atoms with Crippen molar-refractivity contribution in [3.05, 3.63) is 35.9 Å². The van der Waals surface area contributed by atoms with Crippen LogP contribution in [0.1, 0.15) is 37.7 Å². The Morgan fingerprint density at radius 3 is 2.73 bits per heavy atom. The van der Waals surface area contributed by atoms with Crippen LogP contribution in [-0.4, -0.2) is 36.7 Å². The predicted molar refractivity (Wildman–Crippen MR) is 93.3 cm³/mol. The van der Waals surface area contributed by atoms with Crippen LogP contribution < -0.4 is 5.32 Å². The van der Waals surface area contributed by atoms with E-state index in [9.17, 15) is 4.79 Å². The number of aryl methyl sites for hydroxylation is 1. The van der Waals surface area contributed by atoms with Crippen LogP contribution >= 0.6 is 11.8 Å². The minimum absolute atomic E-state index is 0.195. The van der Waals surface area contributed by atoms with E-state index in [1.165, 1.54) is 5.56 Å². The van der Waals surface area contributed by atoms with E-state index in [1.54, 1.807) is 0 Å². The fourth-order valence-corrected chi connectivity index (χ4v) is 3.69. The van der Waals surface area contributed by atoms with Gasteiger partial charge in [-0.15, -0.1) is 0 Å². The molecule has 0 spiro atoms. The Labute approximate surface area is 138 Å². The third-order valence-corrected chi connectivity index (χ3v) is 5.29. The molecule has 1 fully saturated rings. The molecule has 0 aromatic heterocycles. The van der Waals surface area contributed by atoms with Crippen LogP contribution in [-0.2, 0) is 16.0 Å². The Kier molecular flexibility index (Phi) is 8.43. The lowest BCUT2D eigenvalue weighted by atomic mass is 10.1. The van der Waals surface area contributed by atoms with Crippen molar-refractivity contribution in [1.29, 1.82) is 0 Å². The van der Waals surface area contributed by atoms with Crippen molar-refractivity contribution < 1.29 is 9.53 Å². The molecule has 0 atom stereocenters. The molecule has 22 heavy (non-hydrogen) atoms. The van der Waals surface area contributed by atoms with Crippen LogP contribution in [0.25, 0.3) is 0 Å². The van der Waals surface area contributed by atoms with Crippen molar-refractivity contribution >= 4 is 17.7 Å². The van der Waals surface area contributed by atoms with Crippen LogP contribution in [0.3, 0.4) is 0 Å². The maximum atomic E-state index is 11.8. The zero-order valence-electron chi connectivity index (χ0n) is 13.3. The van der Waals surface area contributed by atoms with Crippen molar-refractivity contribution in [1.82, 2.24) is 5.32 Å². The van der Waals surface area contributed by atoms with E-state index in [2.05, 4.69) is 29.6 Å². The molecule has 4 heteroatoms.